The minimum Gasteiger partial charge on any atom is -0.504 e. The van der Waals surface area contributed by atoms with Crippen molar-refractivity contribution in [3.63, 3.8) is 0 Å². The van der Waals surface area contributed by atoms with Crippen molar-refractivity contribution in [3.8, 4) is 11.5 Å². The number of methoxy groups -OCH3 is 1. The minimum atomic E-state index is -1.65. The number of aliphatic hydroxyl groups is 1. The molecule has 0 fully saturated rings. The van der Waals surface area contributed by atoms with Gasteiger partial charge in [-0.2, -0.15) is 0 Å². The van der Waals surface area contributed by atoms with Gasteiger partial charge in [0, 0.05) is 0 Å². The number of rotatable bonds is 5. The molecule has 0 radical (unpaired) electrons. The maximum absolute atomic E-state index is 11.6. The van der Waals surface area contributed by atoms with Crippen LogP contribution in [-0.4, -0.2) is 29.9 Å². The number of aromatic hydroxyl groups is 1. The van der Waals surface area contributed by atoms with Gasteiger partial charge in [-0.1, -0.05) is 18.5 Å². The molecule has 0 amide bonds. The van der Waals surface area contributed by atoms with E-state index >= 15 is 0 Å². The summed E-state index contributed by atoms with van der Waals surface area (Å²) in [7, 11) is 1.38. The third kappa shape index (κ3) is 3.11. The van der Waals surface area contributed by atoms with Crippen molar-refractivity contribution in [1.29, 1.82) is 0 Å². The molecule has 19 heavy (non-hydrogen) atoms. The highest BCUT2D eigenvalue weighted by molar-refractivity contribution is 6.32. The molecule has 2 N–H and O–H groups in total. The molecule has 106 valence electrons. The zero-order valence-corrected chi connectivity index (χ0v) is 11.8. The number of benzene rings is 1. The summed E-state index contributed by atoms with van der Waals surface area (Å²) in [5, 5.41) is 20.1. The second-order valence-corrected chi connectivity index (χ2v) is 4.20. The first-order valence-corrected chi connectivity index (χ1v) is 6.28. The van der Waals surface area contributed by atoms with Crippen LogP contribution in [0.5, 0.6) is 11.5 Å². The fourth-order valence-electron chi connectivity index (χ4n) is 1.70. The van der Waals surface area contributed by atoms with E-state index in [1.54, 1.807) is 13.0 Å². The van der Waals surface area contributed by atoms with E-state index < -0.39 is 12.1 Å². The van der Waals surface area contributed by atoms with Gasteiger partial charge < -0.3 is 19.7 Å². The van der Waals surface area contributed by atoms with E-state index in [1.807, 2.05) is 6.92 Å². The lowest BCUT2D eigenvalue weighted by molar-refractivity contribution is -0.153. The van der Waals surface area contributed by atoms with Crippen molar-refractivity contribution in [3.05, 3.63) is 22.2 Å². The van der Waals surface area contributed by atoms with Crippen molar-refractivity contribution in [2.24, 2.45) is 0 Å². The lowest BCUT2D eigenvalue weighted by Gasteiger charge is -2.17. The predicted octanol–water partition coefficient (Wildman–Crippen LogP) is 2.21. The van der Waals surface area contributed by atoms with Gasteiger partial charge in [0.05, 0.1) is 24.3 Å². The molecule has 0 saturated carbocycles. The van der Waals surface area contributed by atoms with Crippen LogP contribution >= 0.6 is 11.6 Å². The molecular formula is C13H17ClO5. The first-order valence-electron chi connectivity index (χ1n) is 5.90. The number of hydrogen-bond acceptors (Lipinski definition) is 5. The lowest BCUT2D eigenvalue weighted by atomic mass is 10.0. The van der Waals surface area contributed by atoms with Gasteiger partial charge in [0.25, 0.3) is 0 Å². The number of hydrogen-bond donors (Lipinski definition) is 2. The highest BCUT2D eigenvalue weighted by atomic mass is 35.5. The fourth-order valence-corrected chi connectivity index (χ4v) is 2.08. The molecule has 0 spiro atoms. The number of phenolic OH excluding ortho intramolecular Hbond substituents is 1. The van der Waals surface area contributed by atoms with Gasteiger partial charge in [-0.05, 0) is 25.0 Å². The van der Waals surface area contributed by atoms with Crippen LogP contribution in [0.15, 0.2) is 6.07 Å². The number of esters is 1. The first-order chi connectivity index (χ1) is 8.97. The quantitative estimate of drug-likeness (QED) is 0.813. The number of carbonyl (C=O) groups excluding carboxylic acids is 1. The van der Waals surface area contributed by atoms with E-state index in [4.69, 9.17) is 21.1 Å². The van der Waals surface area contributed by atoms with Crippen molar-refractivity contribution >= 4 is 17.6 Å². The molecule has 0 aliphatic heterocycles. The largest absolute Gasteiger partial charge is 0.504 e. The monoisotopic (exact) mass is 288 g/mol. The van der Waals surface area contributed by atoms with Crippen LogP contribution in [0.3, 0.4) is 0 Å². The van der Waals surface area contributed by atoms with Crippen molar-refractivity contribution in [2.45, 2.75) is 26.4 Å². The van der Waals surface area contributed by atoms with E-state index in [0.29, 0.717) is 12.0 Å². The zero-order valence-electron chi connectivity index (χ0n) is 11.1. The van der Waals surface area contributed by atoms with Crippen LogP contribution in [0.4, 0.5) is 0 Å². The Hall–Kier alpha value is -1.46. The third-order valence-corrected chi connectivity index (χ3v) is 3.14. The lowest BCUT2D eigenvalue weighted by Crippen LogP contribution is -2.16. The summed E-state index contributed by atoms with van der Waals surface area (Å²) in [5.74, 6) is -1.07. The molecule has 1 aromatic rings. The maximum Gasteiger partial charge on any atom is 0.339 e. The smallest absolute Gasteiger partial charge is 0.339 e. The molecule has 1 aromatic carbocycles. The summed E-state index contributed by atoms with van der Waals surface area (Å²) in [5.41, 5.74) is 0.575. The molecule has 1 atom stereocenters. The first kappa shape index (κ1) is 15.6. The molecule has 0 aliphatic rings. The van der Waals surface area contributed by atoms with E-state index in [9.17, 15) is 15.0 Å². The Kier molecular flexibility index (Phi) is 5.44. The second kappa shape index (κ2) is 6.63. The van der Waals surface area contributed by atoms with Crippen LogP contribution in [-0.2, 0) is 16.0 Å². The highest BCUT2D eigenvalue weighted by Gasteiger charge is 2.28. The topological polar surface area (TPSA) is 76.0 Å². The van der Waals surface area contributed by atoms with Gasteiger partial charge in [-0.25, -0.2) is 4.79 Å². The fraction of sp³-hybridized carbons (Fsp3) is 0.462. The standard InChI is InChI=1S/C13H17ClO5/c1-4-7-6-8(18-3)11(15)9(10(7)14)12(16)13(17)19-5-2/h6,12,15-16H,4-5H2,1-3H3. The summed E-state index contributed by atoms with van der Waals surface area (Å²) in [4.78, 5) is 11.6. The molecule has 1 rings (SSSR count). The van der Waals surface area contributed by atoms with Crippen molar-refractivity contribution in [2.75, 3.05) is 13.7 Å². The molecule has 0 bridgehead atoms. The Bertz CT molecular complexity index is 444. The van der Waals surface area contributed by atoms with E-state index in [0.717, 1.165) is 0 Å². The number of carbonyl (C=O) groups is 1. The summed E-state index contributed by atoms with van der Waals surface area (Å²) in [6.45, 7) is 3.60. The summed E-state index contributed by atoms with van der Waals surface area (Å²) in [6, 6.07) is 1.57. The van der Waals surface area contributed by atoms with Crippen LogP contribution in [0.25, 0.3) is 0 Å². The molecule has 0 saturated heterocycles. The van der Waals surface area contributed by atoms with Gasteiger partial charge in [0.2, 0.25) is 0 Å². The Balaban J connectivity index is 3.35. The molecule has 0 aromatic heterocycles. The zero-order chi connectivity index (χ0) is 14.6. The Morgan fingerprint density at radius 1 is 1.47 bits per heavy atom. The highest BCUT2D eigenvalue weighted by Crippen LogP contribution is 2.41. The van der Waals surface area contributed by atoms with Crippen molar-refractivity contribution in [1.82, 2.24) is 0 Å². The molecule has 6 heteroatoms. The Morgan fingerprint density at radius 2 is 2.11 bits per heavy atom. The van der Waals surface area contributed by atoms with Gasteiger partial charge in [0.1, 0.15) is 0 Å². The second-order valence-electron chi connectivity index (χ2n) is 3.82. The molecule has 1 unspecified atom stereocenters. The normalized spacial score (nSPS) is 12.1. The van der Waals surface area contributed by atoms with Gasteiger partial charge in [-0.3, -0.25) is 0 Å². The van der Waals surface area contributed by atoms with Gasteiger partial charge in [0.15, 0.2) is 17.6 Å². The predicted molar refractivity (Wildman–Crippen MR) is 70.6 cm³/mol. The van der Waals surface area contributed by atoms with Crippen molar-refractivity contribution < 1.29 is 24.5 Å². The van der Waals surface area contributed by atoms with E-state index in [2.05, 4.69) is 0 Å². The maximum atomic E-state index is 11.6. The average Bonchev–Trinajstić information content (AvgIpc) is 2.39. The Labute approximate surface area is 116 Å². The summed E-state index contributed by atoms with van der Waals surface area (Å²) in [6.07, 6.45) is -1.08. The SMILES string of the molecule is CCOC(=O)C(O)c1c(O)c(OC)cc(CC)c1Cl. The average molecular weight is 289 g/mol. The number of phenols is 1. The molecule has 0 heterocycles. The summed E-state index contributed by atoms with van der Waals surface area (Å²) < 4.78 is 9.72. The molecular weight excluding hydrogens is 272 g/mol. The Morgan fingerprint density at radius 3 is 2.58 bits per heavy atom. The van der Waals surface area contributed by atoms with Gasteiger partial charge >= 0.3 is 5.97 Å². The third-order valence-electron chi connectivity index (χ3n) is 2.70. The molecule has 5 nitrogen and oxygen atoms in total. The van der Waals surface area contributed by atoms with Crippen LogP contribution in [0, 0.1) is 0 Å². The number of halogens is 1. The van der Waals surface area contributed by atoms with E-state index in [1.165, 1.54) is 7.11 Å². The number of ether oxygens (including phenoxy) is 2. The molecule has 0 aliphatic carbocycles. The van der Waals surface area contributed by atoms with Crippen LogP contribution < -0.4 is 4.74 Å². The van der Waals surface area contributed by atoms with Crippen LogP contribution in [0.2, 0.25) is 5.02 Å². The minimum absolute atomic E-state index is 0.0867. The van der Waals surface area contributed by atoms with Gasteiger partial charge in [-0.15, -0.1) is 0 Å². The van der Waals surface area contributed by atoms with Crippen LogP contribution in [0.1, 0.15) is 31.1 Å². The number of aryl methyl sites for hydroxylation is 1. The van der Waals surface area contributed by atoms with E-state index in [-0.39, 0.29) is 28.7 Å². The summed E-state index contributed by atoms with van der Waals surface area (Å²) >= 11 is 6.10. The number of aliphatic hydroxyl groups excluding tert-OH is 1.